The maximum absolute atomic E-state index is 12.3. The molecule has 2 N–H and O–H groups in total. The van der Waals surface area contributed by atoms with E-state index in [2.05, 4.69) is 5.32 Å². The molecule has 0 aromatic heterocycles. The number of carbonyl (C=O) groups excluding carboxylic acids is 1. The lowest BCUT2D eigenvalue weighted by molar-refractivity contribution is -0.139. The molecule has 0 radical (unpaired) electrons. The molecule has 0 aliphatic rings. The molecule has 0 saturated heterocycles. The van der Waals surface area contributed by atoms with Crippen LogP contribution < -0.4 is 5.32 Å². The first-order valence-corrected chi connectivity index (χ1v) is 11.2. The lowest BCUT2D eigenvalue weighted by Crippen LogP contribution is -2.42. The molecule has 0 aliphatic carbocycles. The zero-order valence-corrected chi connectivity index (χ0v) is 18.1. The van der Waals surface area contributed by atoms with Crippen LogP contribution in [0.3, 0.4) is 0 Å². The molecule has 2 aromatic rings. The van der Waals surface area contributed by atoms with Gasteiger partial charge in [0.2, 0.25) is 0 Å². The average molecular weight is 434 g/mol. The quantitative estimate of drug-likeness (QED) is 0.628. The number of hydrogen-bond donors (Lipinski definition) is 2. The molecular formula is C22H27NO6S. The Hall–Kier alpha value is -2.87. The Kier molecular flexibility index (Phi) is 7.61. The van der Waals surface area contributed by atoms with Gasteiger partial charge >= 0.3 is 12.1 Å². The first kappa shape index (κ1) is 23.4. The first-order chi connectivity index (χ1) is 14.1. The monoisotopic (exact) mass is 433 g/mol. The number of carboxylic acid groups (broad SMARTS) is 1. The molecule has 0 aliphatic heterocycles. The van der Waals surface area contributed by atoms with Crippen molar-refractivity contribution in [2.75, 3.05) is 5.75 Å². The molecule has 0 saturated carbocycles. The molecule has 2 aromatic carbocycles. The molecule has 1 atom stereocenters. The summed E-state index contributed by atoms with van der Waals surface area (Å²) in [5.74, 6) is -1.16. The van der Waals surface area contributed by atoms with E-state index in [1.54, 1.807) is 57.2 Å². The van der Waals surface area contributed by atoms with Crippen LogP contribution in [0.4, 0.5) is 4.79 Å². The molecule has 162 valence electrons. The predicted octanol–water partition coefficient (Wildman–Crippen LogP) is 3.28. The van der Waals surface area contributed by atoms with Crippen LogP contribution in [0.25, 0.3) is 0 Å². The highest BCUT2D eigenvalue weighted by molar-refractivity contribution is 7.92. The summed E-state index contributed by atoms with van der Waals surface area (Å²) < 4.78 is 28.7. The number of alkyl carbamates (subject to hydrolysis) is 1. The number of rotatable bonds is 9. The van der Waals surface area contributed by atoms with Crippen molar-refractivity contribution >= 4 is 21.9 Å². The summed E-state index contributed by atoms with van der Waals surface area (Å²) >= 11 is 0. The van der Waals surface area contributed by atoms with Crippen LogP contribution in [0.5, 0.6) is 0 Å². The molecule has 0 heterocycles. The van der Waals surface area contributed by atoms with Gasteiger partial charge in [-0.1, -0.05) is 61.5 Å². The highest BCUT2D eigenvalue weighted by Gasteiger charge is 2.34. The van der Waals surface area contributed by atoms with E-state index in [0.29, 0.717) is 11.1 Å². The fourth-order valence-electron chi connectivity index (χ4n) is 2.93. The largest absolute Gasteiger partial charge is 0.480 e. The van der Waals surface area contributed by atoms with E-state index >= 15 is 0 Å². The van der Waals surface area contributed by atoms with Crippen LogP contribution in [-0.2, 0) is 37.1 Å². The normalized spacial score (nSPS) is 12.8. The molecule has 7 nitrogen and oxygen atoms in total. The van der Waals surface area contributed by atoms with Gasteiger partial charge in [0, 0.05) is 12.2 Å². The fourth-order valence-corrected chi connectivity index (χ4v) is 4.14. The van der Waals surface area contributed by atoms with E-state index < -0.39 is 32.7 Å². The van der Waals surface area contributed by atoms with E-state index in [4.69, 9.17) is 4.74 Å². The van der Waals surface area contributed by atoms with Gasteiger partial charge in [0.1, 0.15) is 12.6 Å². The zero-order chi connectivity index (χ0) is 22.4. The summed E-state index contributed by atoms with van der Waals surface area (Å²) in [7, 11) is -3.31. The smallest absolute Gasteiger partial charge is 0.408 e. The Morgan fingerprint density at radius 2 is 1.63 bits per heavy atom. The number of carbonyl (C=O) groups is 2. The van der Waals surface area contributed by atoms with Crippen LogP contribution in [0.15, 0.2) is 54.6 Å². The van der Waals surface area contributed by atoms with Gasteiger partial charge in [-0.15, -0.1) is 0 Å². The van der Waals surface area contributed by atoms with Gasteiger partial charge in [-0.3, -0.25) is 0 Å². The molecular weight excluding hydrogens is 406 g/mol. The van der Waals surface area contributed by atoms with Gasteiger partial charge in [0.15, 0.2) is 9.84 Å². The van der Waals surface area contributed by atoms with Crippen molar-refractivity contribution in [1.82, 2.24) is 5.32 Å². The number of amides is 1. The standard InChI is InChI=1S/C22H27NO6S/c1-4-30(27,28)22(2,3)18-12-10-16(11-13-18)14-19(20(24)25)23-21(26)29-15-17-8-6-5-7-9-17/h5-13,19H,4,14-15H2,1-3H3,(H,23,26)(H,24,25). The van der Waals surface area contributed by atoms with Crippen LogP contribution in [0.1, 0.15) is 37.5 Å². The number of aliphatic carboxylic acids is 1. The minimum atomic E-state index is -3.31. The summed E-state index contributed by atoms with van der Waals surface area (Å²) in [6.07, 6.45) is -0.783. The number of hydrogen-bond acceptors (Lipinski definition) is 5. The van der Waals surface area contributed by atoms with Crippen molar-refractivity contribution in [3.8, 4) is 0 Å². The Morgan fingerprint density at radius 3 is 2.17 bits per heavy atom. The number of nitrogens with one attached hydrogen (secondary N) is 1. The molecule has 8 heteroatoms. The maximum atomic E-state index is 12.3. The molecule has 0 bridgehead atoms. The van der Waals surface area contributed by atoms with Crippen molar-refractivity contribution in [2.45, 2.75) is 44.6 Å². The second-order valence-electron chi connectivity index (χ2n) is 7.41. The second-order valence-corrected chi connectivity index (χ2v) is 10.2. The number of benzene rings is 2. The molecule has 30 heavy (non-hydrogen) atoms. The van der Waals surface area contributed by atoms with E-state index in [1.807, 2.05) is 18.2 Å². The van der Waals surface area contributed by atoms with Crippen molar-refractivity contribution in [3.05, 3.63) is 71.3 Å². The molecule has 0 fully saturated rings. The lowest BCUT2D eigenvalue weighted by Gasteiger charge is -2.25. The summed E-state index contributed by atoms with van der Waals surface area (Å²) in [5, 5.41) is 11.8. The van der Waals surface area contributed by atoms with Gasteiger partial charge < -0.3 is 15.2 Å². The van der Waals surface area contributed by atoms with Crippen molar-refractivity contribution in [1.29, 1.82) is 0 Å². The summed E-state index contributed by atoms with van der Waals surface area (Å²) in [5.41, 5.74) is 2.06. The lowest BCUT2D eigenvalue weighted by atomic mass is 9.98. The van der Waals surface area contributed by atoms with Crippen molar-refractivity contribution in [3.63, 3.8) is 0 Å². The van der Waals surface area contributed by atoms with E-state index in [1.165, 1.54) is 0 Å². The molecule has 0 spiro atoms. The number of carboxylic acids is 1. The van der Waals surface area contributed by atoms with E-state index in [9.17, 15) is 23.1 Å². The van der Waals surface area contributed by atoms with E-state index in [-0.39, 0.29) is 18.8 Å². The van der Waals surface area contributed by atoms with Gasteiger partial charge in [-0.25, -0.2) is 18.0 Å². The zero-order valence-electron chi connectivity index (χ0n) is 17.3. The van der Waals surface area contributed by atoms with Crippen LogP contribution >= 0.6 is 0 Å². The SMILES string of the molecule is CCS(=O)(=O)C(C)(C)c1ccc(CC(NC(=O)OCc2ccccc2)C(=O)O)cc1. The van der Waals surface area contributed by atoms with Crippen LogP contribution in [0, 0.1) is 0 Å². The van der Waals surface area contributed by atoms with Gasteiger partial charge in [-0.2, -0.15) is 0 Å². The maximum Gasteiger partial charge on any atom is 0.408 e. The number of sulfone groups is 1. The van der Waals surface area contributed by atoms with Crippen molar-refractivity contribution < 1.29 is 27.9 Å². The summed E-state index contributed by atoms with van der Waals surface area (Å²) in [6.45, 7) is 4.93. The third kappa shape index (κ3) is 5.82. The third-order valence-electron chi connectivity index (χ3n) is 5.05. The Bertz CT molecular complexity index is 968. The first-order valence-electron chi connectivity index (χ1n) is 9.58. The number of ether oxygens (including phenoxy) is 1. The minimum Gasteiger partial charge on any atom is -0.480 e. The van der Waals surface area contributed by atoms with Gasteiger partial charge in [-0.05, 0) is 30.5 Å². The molecule has 2 rings (SSSR count). The summed E-state index contributed by atoms with van der Waals surface area (Å²) in [4.78, 5) is 23.5. The van der Waals surface area contributed by atoms with Crippen LogP contribution in [0.2, 0.25) is 0 Å². The average Bonchev–Trinajstić information content (AvgIpc) is 2.72. The fraction of sp³-hybridized carbons (Fsp3) is 0.364. The van der Waals surface area contributed by atoms with Crippen molar-refractivity contribution in [2.24, 2.45) is 0 Å². The van der Waals surface area contributed by atoms with E-state index in [0.717, 1.165) is 5.56 Å². The molecule has 1 unspecified atom stereocenters. The molecule has 1 amide bonds. The van der Waals surface area contributed by atoms with Crippen LogP contribution in [-0.4, -0.2) is 37.4 Å². The van der Waals surface area contributed by atoms with Gasteiger partial charge in [0.05, 0.1) is 4.75 Å². The third-order valence-corrected chi connectivity index (χ3v) is 7.60. The Labute approximate surface area is 177 Å². The topological polar surface area (TPSA) is 110 Å². The second kappa shape index (κ2) is 9.75. The van der Waals surface area contributed by atoms with Gasteiger partial charge in [0.25, 0.3) is 0 Å². The Balaban J connectivity index is 2.03. The Morgan fingerprint density at radius 1 is 1.03 bits per heavy atom. The highest BCUT2D eigenvalue weighted by Crippen LogP contribution is 2.30. The minimum absolute atomic E-state index is 0.0256. The predicted molar refractivity (Wildman–Crippen MR) is 114 cm³/mol. The summed E-state index contributed by atoms with van der Waals surface area (Å²) in [6, 6.07) is 14.6. The highest BCUT2D eigenvalue weighted by atomic mass is 32.2.